The van der Waals surface area contributed by atoms with Crippen LogP contribution in [0.1, 0.15) is 25.8 Å². The van der Waals surface area contributed by atoms with Gasteiger partial charge >= 0.3 is 0 Å². The highest BCUT2D eigenvalue weighted by Crippen LogP contribution is 2.27. The number of aromatic nitrogens is 2. The summed E-state index contributed by atoms with van der Waals surface area (Å²) in [5.74, 6) is 1.19. The highest BCUT2D eigenvalue weighted by molar-refractivity contribution is 7.89. The van der Waals surface area contributed by atoms with E-state index in [1.54, 1.807) is 43.5 Å². The van der Waals surface area contributed by atoms with Crippen molar-refractivity contribution in [3.8, 4) is 28.3 Å². The van der Waals surface area contributed by atoms with E-state index in [1.807, 2.05) is 56.3 Å². The zero-order valence-electron chi connectivity index (χ0n) is 18.6. The quantitative estimate of drug-likeness (QED) is 0.391. The maximum Gasteiger partial charge on any atom is 0.245 e. The van der Waals surface area contributed by atoms with Crippen molar-refractivity contribution in [2.45, 2.75) is 24.8 Å². The van der Waals surface area contributed by atoms with Crippen LogP contribution in [0.15, 0.2) is 88.3 Å². The van der Waals surface area contributed by atoms with Crippen molar-refractivity contribution >= 4 is 10.0 Å². The van der Waals surface area contributed by atoms with Crippen LogP contribution in [0.3, 0.4) is 0 Å². The Labute approximate surface area is 193 Å². The van der Waals surface area contributed by atoms with Crippen molar-refractivity contribution in [2.24, 2.45) is 5.92 Å². The first-order valence-electron chi connectivity index (χ1n) is 10.5. The van der Waals surface area contributed by atoms with E-state index in [0.717, 1.165) is 16.7 Å². The van der Waals surface area contributed by atoms with Crippen molar-refractivity contribution in [1.29, 1.82) is 0 Å². The highest BCUT2D eigenvalue weighted by Gasteiger charge is 2.29. The average Bonchev–Trinajstić information content (AvgIpc) is 3.33. The Morgan fingerprint density at radius 2 is 1.45 bits per heavy atom. The number of rotatable bonds is 8. The Hall–Kier alpha value is -3.49. The molecular weight excluding hydrogens is 438 g/mol. The first-order valence-corrected chi connectivity index (χ1v) is 12.0. The standard InChI is InChI=1S/C25H25N3O4S/c1-17(2)23(25-26-24(27-32-25)20-9-13-21(31-3)14-10-20)28-33(29,30)22-15-11-19(12-16-22)18-7-5-4-6-8-18/h4-17,23,28H,1-3H3. The Morgan fingerprint density at radius 1 is 0.848 bits per heavy atom. The Morgan fingerprint density at radius 3 is 2.06 bits per heavy atom. The molecule has 0 radical (unpaired) electrons. The van der Waals surface area contributed by atoms with Crippen LogP contribution in [0.25, 0.3) is 22.5 Å². The molecule has 4 rings (SSSR count). The Kier molecular flexibility index (Phi) is 6.57. The smallest absolute Gasteiger partial charge is 0.245 e. The van der Waals surface area contributed by atoms with Gasteiger partial charge in [0.15, 0.2) is 0 Å². The van der Waals surface area contributed by atoms with E-state index in [1.165, 1.54) is 0 Å². The zero-order valence-corrected chi connectivity index (χ0v) is 19.4. The Bertz CT molecular complexity index is 1300. The van der Waals surface area contributed by atoms with Gasteiger partial charge in [0, 0.05) is 5.56 Å². The third-order valence-electron chi connectivity index (χ3n) is 5.28. The van der Waals surface area contributed by atoms with Gasteiger partial charge in [-0.1, -0.05) is 61.5 Å². The van der Waals surface area contributed by atoms with Crippen molar-refractivity contribution in [3.63, 3.8) is 0 Å². The fourth-order valence-corrected chi connectivity index (χ4v) is 4.72. The molecular formula is C25H25N3O4S. The molecule has 3 aromatic carbocycles. The summed E-state index contributed by atoms with van der Waals surface area (Å²) in [5, 5.41) is 4.03. The monoisotopic (exact) mass is 463 g/mol. The minimum absolute atomic E-state index is 0.118. The summed E-state index contributed by atoms with van der Waals surface area (Å²) >= 11 is 0. The molecule has 4 aromatic rings. The second-order valence-electron chi connectivity index (χ2n) is 7.92. The zero-order chi connectivity index (χ0) is 23.4. The lowest BCUT2D eigenvalue weighted by atomic mass is 10.1. The first kappa shape index (κ1) is 22.7. The van der Waals surface area contributed by atoms with Gasteiger partial charge in [0.1, 0.15) is 11.8 Å². The predicted octanol–water partition coefficient (Wildman–Crippen LogP) is 5.09. The van der Waals surface area contributed by atoms with E-state index in [0.29, 0.717) is 11.6 Å². The average molecular weight is 464 g/mol. The van der Waals surface area contributed by atoms with Crippen LogP contribution in [-0.4, -0.2) is 25.7 Å². The number of methoxy groups -OCH3 is 1. The summed E-state index contributed by atoms with van der Waals surface area (Å²) in [4.78, 5) is 4.61. The number of ether oxygens (including phenoxy) is 1. The molecule has 1 atom stereocenters. The summed E-state index contributed by atoms with van der Waals surface area (Å²) in [5.41, 5.74) is 2.70. The van der Waals surface area contributed by atoms with Gasteiger partial charge in [0.25, 0.3) is 0 Å². The number of nitrogens with one attached hydrogen (secondary N) is 1. The molecule has 170 valence electrons. The van der Waals surface area contributed by atoms with Crippen LogP contribution in [0, 0.1) is 5.92 Å². The lowest BCUT2D eigenvalue weighted by Crippen LogP contribution is -2.32. The van der Waals surface area contributed by atoms with Crippen molar-refractivity contribution in [3.05, 3.63) is 84.8 Å². The van der Waals surface area contributed by atoms with Crippen molar-refractivity contribution in [2.75, 3.05) is 7.11 Å². The largest absolute Gasteiger partial charge is 0.497 e. The van der Waals surface area contributed by atoms with E-state index in [-0.39, 0.29) is 16.7 Å². The molecule has 0 aliphatic carbocycles. The van der Waals surface area contributed by atoms with Gasteiger partial charge in [-0.25, -0.2) is 8.42 Å². The number of sulfonamides is 1. The van der Waals surface area contributed by atoms with E-state index in [2.05, 4.69) is 14.9 Å². The van der Waals surface area contributed by atoms with Crippen LogP contribution >= 0.6 is 0 Å². The second kappa shape index (κ2) is 9.56. The van der Waals surface area contributed by atoms with E-state index >= 15 is 0 Å². The van der Waals surface area contributed by atoms with Crippen LogP contribution in [0.2, 0.25) is 0 Å². The minimum atomic E-state index is -3.81. The fourth-order valence-electron chi connectivity index (χ4n) is 3.38. The fraction of sp³-hybridized carbons (Fsp3) is 0.200. The molecule has 0 aliphatic rings. The highest BCUT2D eigenvalue weighted by atomic mass is 32.2. The molecule has 0 aliphatic heterocycles. The SMILES string of the molecule is COc1ccc(-c2noc(C(NS(=O)(=O)c3ccc(-c4ccccc4)cc3)C(C)C)n2)cc1. The van der Waals surface area contributed by atoms with Gasteiger partial charge in [-0.15, -0.1) is 0 Å². The summed E-state index contributed by atoms with van der Waals surface area (Å²) < 4.78 is 39.5. The molecule has 1 unspecified atom stereocenters. The maximum absolute atomic E-state index is 13.1. The van der Waals surface area contributed by atoms with E-state index < -0.39 is 16.1 Å². The lowest BCUT2D eigenvalue weighted by Gasteiger charge is -2.18. The molecule has 1 aromatic heterocycles. The topological polar surface area (TPSA) is 94.3 Å². The third kappa shape index (κ3) is 5.13. The third-order valence-corrected chi connectivity index (χ3v) is 6.73. The number of nitrogens with zero attached hydrogens (tertiary/aromatic N) is 2. The maximum atomic E-state index is 13.1. The molecule has 7 nitrogen and oxygen atoms in total. The molecule has 8 heteroatoms. The van der Waals surface area contributed by atoms with Crippen molar-refractivity contribution in [1.82, 2.24) is 14.9 Å². The van der Waals surface area contributed by atoms with Crippen molar-refractivity contribution < 1.29 is 17.7 Å². The molecule has 33 heavy (non-hydrogen) atoms. The minimum Gasteiger partial charge on any atom is -0.497 e. The molecule has 1 heterocycles. The summed E-state index contributed by atoms with van der Waals surface area (Å²) in [6.07, 6.45) is 0. The van der Waals surface area contributed by atoms with Crippen LogP contribution in [-0.2, 0) is 10.0 Å². The molecule has 0 amide bonds. The first-order chi connectivity index (χ1) is 15.9. The summed E-state index contributed by atoms with van der Waals surface area (Å²) in [7, 11) is -2.22. The van der Waals surface area contributed by atoms with Crippen LogP contribution in [0.5, 0.6) is 5.75 Å². The number of hydrogen-bond acceptors (Lipinski definition) is 6. The van der Waals surface area contributed by atoms with Crippen LogP contribution < -0.4 is 9.46 Å². The number of hydrogen-bond donors (Lipinski definition) is 1. The molecule has 0 saturated carbocycles. The summed E-state index contributed by atoms with van der Waals surface area (Å²) in [6.45, 7) is 3.78. The normalized spacial score (nSPS) is 12.6. The molecule has 0 saturated heterocycles. The molecule has 0 fully saturated rings. The van der Waals surface area contributed by atoms with Gasteiger partial charge in [-0.05, 0) is 53.4 Å². The number of benzene rings is 3. The van der Waals surface area contributed by atoms with Gasteiger partial charge < -0.3 is 9.26 Å². The van der Waals surface area contributed by atoms with Gasteiger partial charge in [-0.3, -0.25) is 0 Å². The summed E-state index contributed by atoms with van der Waals surface area (Å²) in [6, 6.07) is 23.1. The van der Waals surface area contributed by atoms with Gasteiger partial charge in [0.2, 0.25) is 21.7 Å². The van der Waals surface area contributed by atoms with Gasteiger partial charge in [-0.2, -0.15) is 9.71 Å². The Balaban J connectivity index is 1.55. The molecule has 0 bridgehead atoms. The van der Waals surface area contributed by atoms with Crippen LogP contribution in [0.4, 0.5) is 0 Å². The van der Waals surface area contributed by atoms with Gasteiger partial charge in [0.05, 0.1) is 12.0 Å². The second-order valence-corrected chi connectivity index (χ2v) is 9.63. The van der Waals surface area contributed by atoms with E-state index in [9.17, 15) is 8.42 Å². The molecule has 0 spiro atoms. The lowest BCUT2D eigenvalue weighted by molar-refractivity contribution is 0.311. The van der Waals surface area contributed by atoms with E-state index in [4.69, 9.17) is 9.26 Å². The molecule has 1 N–H and O–H groups in total. The predicted molar refractivity (Wildman–Crippen MR) is 126 cm³/mol.